The zero-order valence-corrected chi connectivity index (χ0v) is 12.1. The van der Waals surface area contributed by atoms with E-state index in [-0.39, 0.29) is 0 Å². The number of methoxy groups -OCH3 is 1. The maximum absolute atomic E-state index is 5.25. The molecular weight excluding hydrogens is 230 g/mol. The molecule has 2 aliphatic rings. The van der Waals surface area contributed by atoms with Crippen LogP contribution in [0.5, 0.6) is 0 Å². The molecular formula is C14H27NOS. The Morgan fingerprint density at radius 3 is 2.47 bits per heavy atom. The summed E-state index contributed by atoms with van der Waals surface area (Å²) < 4.78 is 5.25. The van der Waals surface area contributed by atoms with Crippen LogP contribution in [0.4, 0.5) is 0 Å². The number of hydrogen-bond donors (Lipinski definition) is 1. The number of rotatable bonds is 7. The van der Waals surface area contributed by atoms with Crippen LogP contribution in [0.2, 0.25) is 0 Å². The van der Waals surface area contributed by atoms with Crippen molar-refractivity contribution in [2.24, 2.45) is 5.41 Å². The molecule has 0 spiro atoms. The summed E-state index contributed by atoms with van der Waals surface area (Å²) in [5.41, 5.74) is 0.498. The lowest BCUT2D eigenvalue weighted by Gasteiger charge is -2.40. The maximum Gasteiger partial charge on any atom is 0.0589 e. The van der Waals surface area contributed by atoms with Gasteiger partial charge in [0.25, 0.3) is 0 Å². The van der Waals surface area contributed by atoms with Gasteiger partial charge in [0.2, 0.25) is 0 Å². The summed E-state index contributed by atoms with van der Waals surface area (Å²) in [5, 5.41) is 0. The van der Waals surface area contributed by atoms with E-state index in [2.05, 4.69) is 17.5 Å². The normalized spacial score (nSPS) is 24.2. The molecule has 0 aromatic rings. The molecule has 0 aliphatic heterocycles. The molecule has 2 saturated carbocycles. The summed E-state index contributed by atoms with van der Waals surface area (Å²) in [6.45, 7) is 3.24. The van der Waals surface area contributed by atoms with E-state index >= 15 is 0 Å². The molecule has 0 radical (unpaired) electrons. The smallest absolute Gasteiger partial charge is 0.0589 e. The standard InChI is InChI=1S/C14H27NOS/c1-16-10-9-15(13-5-6-13)11-14(12-17)7-3-2-4-8-14/h13,17H,2-12H2,1H3. The van der Waals surface area contributed by atoms with Crippen molar-refractivity contribution in [2.45, 2.75) is 51.0 Å². The zero-order chi connectivity index (χ0) is 12.1. The molecule has 3 heteroatoms. The monoisotopic (exact) mass is 257 g/mol. The predicted molar refractivity (Wildman–Crippen MR) is 75.8 cm³/mol. The first-order chi connectivity index (χ1) is 8.29. The second kappa shape index (κ2) is 6.44. The number of thiol groups is 1. The Kier molecular flexibility index (Phi) is 5.19. The van der Waals surface area contributed by atoms with Gasteiger partial charge in [-0.25, -0.2) is 0 Å². The van der Waals surface area contributed by atoms with E-state index in [0.717, 1.165) is 24.9 Å². The Morgan fingerprint density at radius 1 is 1.24 bits per heavy atom. The van der Waals surface area contributed by atoms with E-state index in [1.807, 2.05) is 0 Å². The molecule has 0 bridgehead atoms. The van der Waals surface area contributed by atoms with Crippen LogP contribution in [0.15, 0.2) is 0 Å². The van der Waals surface area contributed by atoms with Crippen LogP contribution in [0.1, 0.15) is 44.9 Å². The van der Waals surface area contributed by atoms with E-state index in [4.69, 9.17) is 4.74 Å². The fraction of sp³-hybridized carbons (Fsp3) is 1.00. The number of nitrogens with zero attached hydrogens (tertiary/aromatic N) is 1. The molecule has 0 atom stereocenters. The Hall–Kier alpha value is 0.270. The highest BCUT2D eigenvalue weighted by molar-refractivity contribution is 7.80. The van der Waals surface area contributed by atoms with E-state index < -0.39 is 0 Å². The van der Waals surface area contributed by atoms with Crippen LogP contribution < -0.4 is 0 Å². The van der Waals surface area contributed by atoms with Gasteiger partial charge in [-0.1, -0.05) is 19.3 Å². The summed E-state index contributed by atoms with van der Waals surface area (Å²) in [4.78, 5) is 2.67. The minimum atomic E-state index is 0.498. The molecule has 2 aliphatic carbocycles. The number of hydrogen-bond acceptors (Lipinski definition) is 3. The Bertz CT molecular complexity index is 224. The van der Waals surface area contributed by atoms with E-state index in [1.165, 1.54) is 51.5 Å². The molecule has 0 aromatic heterocycles. The second-order valence-electron chi connectivity index (χ2n) is 5.91. The van der Waals surface area contributed by atoms with Gasteiger partial charge in [-0.3, -0.25) is 4.90 Å². The highest BCUT2D eigenvalue weighted by atomic mass is 32.1. The van der Waals surface area contributed by atoms with Crippen molar-refractivity contribution >= 4 is 12.6 Å². The lowest BCUT2D eigenvalue weighted by molar-refractivity contribution is 0.0887. The fourth-order valence-electron chi connectivity index (χ4n) is 3.14. The fourth-order valence-corrected chi connectivity index (χ4v) is 3.55. The van der Waals surface area contributed by atoms with E-state index in [1.54, 1.807) is 7.11 Å². The van der Waals surface area contributed by atoms with Crippen molar-refractivity contribution < 1.29 is 4.74 Å². The molecule has 0 unspecified atom stereocenters. The van der Waals surface area contributed by atoms with Gasteiger partial charge < -0.3 is 4.74 Å². The SMILES string of the molecule is COCCN(CC1(CS)CCCCC1)C1CC1. The molecule has 2 fully saturated rings. The van der Waals surface area contributed by atoms with Gasteiger partial charge >= 0.3 is 0 Å². The molecule has 0 N–H and O–H groups in total. The van der Waals surface area contributed by atoms with Gasteiger partial charge in [-0.2, -0.15) is 12.6 Å². The molecule has 0 aromatic carbocycles. The largest absolute Gasteiger partial charge is 0.383 e. The molecule has 0 heterocycles. The average molecular weight is 257 g/mol. The van der Waals surface area contributed by atoms with Crippen LogP contribution in [0.25, 0.3) is 0 Å². The highest BCUT2D eigenvalue weighted by Gasteiger charge is 2.37. The second-order valence-corrected chi connectivity index (χ2v) is 6.23. The molecule has 0 amide bonds. The van der Waals surface area contributed by atoms with Crippen molar-refractivity contribution in [1.29, 1.82) is 0 Å². The van der Waals surface area contributed by atoms with Gasteiger partial charge in [0.15, 0.2) is 0 Å². The molecule has 2 rings (SSSR count). The lowest BCUT2D eigenvalue weighted by Crippen LogP contribution is -2.43. The average Bonchev–Trinajstić information content (AvgIpc) is 3.20. The minimum Gasteiger partial charge on any atom is -0.383 e. The predicted octanol–water partition coefficient (Wildman–Crippen LogP) is 2.98. The van der Waals surface area contributed by atoms with Crippen LogP contribution in [0.3, 0.4) is 0 Å². The van der Waals surface area contributed by atoms with E-state index in [0.29, 0.717) is 5.41 Å². The molecule has 2 nitrogen and oxygen atoms in total. The van der Waals surface area contributed by atoms with Crippen molar-refractivity contribution in [3.05, 3.63) is 0 Å². The summed E-state index contributed by atoms with van der Waals surface area (Å²) in [6, 6.07) is 0.851. The van der Waals surface area contributed by atoms with Gasteiger partial charge in [0, 0.05) is 26.2 Å². The van der Waals surface area contributed by atoms with Gasteiger partial charge in [0.05, 0.1) is 6.61 Å². The Labute approximate surface area is 112 Å². The van der Waals surface area contributed by atoms with Crippen LogP contribution >= 0.6 is 12.6 Å². The molecule has 0 saturated heterocycles. The summed E-state index contributed by atoms with van der Waals surface area (Å²) >= 11 is 4.65. The third-order valence-electron chi connectivity index (χ3n) is 4.43. The minimum absolute atomic E-state index is 0.498. The summed E-state index contributed by atoms with van der Waals surface area (Å²) in [5.74, 6) is 1.06. The van der Waals surface area contributed by atoms with Crippen molar-refractivity contribution in [2.75, 3.05) is 32.6 Å². The molecule has 17 heavy (non-hydrogen) atoms. The lowest BCUT2D eigenvalue weighted by atomic mass is 9.75. The summed E-state index contributed by atoms with van der Waals surface area (Å²) in [6.07, 6.45) is 9.79. The van der Waals surface area contributed by atoms with Crippen LogP contribution in [0, 0.1) is 5.41 Å². The van der Waals surface area contributed by atoms with Crippen molar-refractivity contribution in [3.63, 3.8) is 0 Å². The number of ether oxygens (including phenoxy) is 1. The molecule has 100 valence electrons. The quantitative estimate of drug-likeness (QED) is 0.704. The third kappa shape index (κ3) is 3.87. The Morgan fingerprint density at radius 2 is 1.94 bits per heavy atom. The highest BCUT2D eigenvalue weighted by Crippen LogP contribution is 2.40. The first kappa shape index (κ1) is 13.7. The van der Waals surface area contributed by atoms with Gasteiger partial charge in [0.1, 0.15) is 0 Å². The third-order valence-corrected chi connectivity index (χ3v) is 5.10. The van der Waals surface area contributed by atoms with Crippen molar-refractivity contribution in [3.8, 4) is 0 Å². The van der Waals surface area contributed by atoms with Gasteiger partial charge in [-0.05, 0) is 36.9 Å². The summed E-state index contributed by atoms with van der Waals surface area (Å²) in [7, 11) is 1.81. The maximum atomic E-state index is 5.25. The van der Waals surface area contributed by atoms with Crippen LogP contribution in [-0.2, 0) is 4.74 Å². The Balaban J connectivity index is 1.89. The van der Waals surface area contributed by atoms with E-state index in [9.17, 15) is 0 Å². The van der Waals surface area contributed by atoms with Gasteiger partial charge in [-0.15, -0.1) is 0 Å². The first-order valence-corrected chi connectivity index (χ1v) is 7.77. The van der Waals surface area contributed by atoms with Crippen molar-refractivity contribution in [1.82, 2.24) is 4.90 Å². The first-order valence-electron chi connectivity index (χ1n) is 7.13. The van der Waals surface area contributed by atoms with Crippen LogP contribution in [-0.4, -0.2) is 43.5 Å². The topological polar surface area (TPSA) is 12.5 Å². The zero-order valence-electron chi connectivity index (χ0n) is 11.2.